The minimum Gasteiger partial charge on any atom is -0.465 e. The van der Waals surface area contributed by atoms with Gasteiger partial charge in [-0.2, -0.15) is 0 Å². The zero-order valence-corrected chi connectivity index (χ0v) is 15.8. The van der Waals surface area contributed by atoms with E-state index in [0.29, 0.717) is 17.8 Å². The molecule has 1 aliphatic rings. The SMILES string of the molecule is COC(=O)c1ccccc1N(C(=O)CN1CCN(C)CC1)c1ccccc1. The molecular weight excluding hydrogens is 342 g/mol. The van der Waals surface area contributed by atoms with Crippen LogP contribution in [-0.2, 0) is 9.53 Å². The normalized spacial score (nSPS) is 15.3. The number of rotatable bonds is 5. The molecule has 27 heavy (non-hydrogen) atoms. The fourth-order valence-electron chi connectivity index (χ4n) is 3.21. The first-order chi connectivity index (χ1) is 13.1. The van der Waals surface area contributed by atoms with Gasteiger partial charge in [0.2, 0.25) is 5.91 Å². The Labute approximate surface area is 159 Å². The zero-order chi connectivity index (χ0) is 19.2. The smallest absolute Gasteiger partial charge is 0.339 e. The summed E-state index contributed by atoms with van der Waals surface area (Å²) in [6.45, 7) is 3.89. The largest absolute Gasteiger partial charge is 0.465 e. The Bertz CT molecular complexity index is 786. The Morgan fingerprint density at radius 3 is 2.26 bits per heavy atom. The van der Waals surface area contributed by atoms with Crippen LogP contribution in [0.4, 0.5) is 11.4 Å². The third kappa shape index (κ3) is 4.53. The van der Waals surface area contributed by atoms with Crippen LogP contribution in [0.5, 0.6) is 0 Å². The van der Waals surface area contributed by atoms with Crippen LogP contribution in [0, 0.1) is 0 Å². The average Bonchev–Trinajstić information content (AvgIpc) is 2.70. The quantitative estimate of drug-likeness (QED) is 0.760. The second-order valence-corrected chi connectivity index (χ2v) is 6.65. The van der Waals surface area contributed by atoms with Gasteiger partial charge in [-0.05, 0) is 31.3 Å². The van der Waals surface area contributed by atoms with Crippen molar-refractivity contribution < 1.29 is 14.3 Å². The lowest BCUT2D eigenvalue weighted by molar-refractivity contribution is -0.119. The minimum absolute atomic E-state index is 0.0675. The number of methoxy groups -OCH3 is 1. The van der Waals surface area contributed by atoms with E-state index in [1.54, 1.807) is 23.1 Å². The fourth-order valence-corrected chi connectivity index (χ4v) is 3.21. The second kappa shape index (κ2) is 8.79. The molecule has 0 aromatic heterocycles. The van der Waals surface area contributed by atoms with E-state index < -0.39 is 5.97 Å². The molecule has 0 aliphatic carbocycles. The first-order valence-electron chi connectivity index (χ1n) is 9.06. The van der Waals surface area contributed by atoms with Crippen LogP contribution < -0.4 is 4.90 Å². The Kier molecular flexibility index (Phi) is 6.21. The van der Waals surface area contributed by atoms with E-state index in [0.717, 1.165) is 31.9 Å². The van der Waals surface area contributed by atoms with E-state index in [4.69, 9.17) is 4.74 Å². The number of hydrogen-bond donors (Lipinski definition) is 0. The number of hydrogen-bond acceptors (Lipinski definition) is 5. The number of carbonyl (C=O) groups excluding carboxylic acids is 2. The monoisotopic (exact) mass is 367 g/mol. The van der Waals surface area contributed by atoms with Gasteiger partial charge >= 0.3 is 5.97 Å². The Balaban J connectivity index is 1.93. The lowest BCUT2D eigenvalue weighted by Gasteiger charge is -2.33. The molecule has 2 aromatic rings. The molecule has 0 N–H and O–H groups in total. The van der Waals surface area contributed by atoms with Gasteiger partial charge in [0.15, 0.2) is 0 Å². The predicted molar refractivity (Wildman–Crippen MR) is 105 cm³/mol. The van der Waals surface area contributed by atoms with E-state index in [2.05, 4.69) is 16.8 Å². The van der Waals surface area contributed by atoms with Gasteiger partial charge in [-0.3, -0.25) is 14.6 Å². The van der Waals surface area contributed by atoms with Crippen LogP contribution in [0.15, 0.2) is 54.6 Å². The van der Waals surface area contributed by atoms with Gasteiger partial charge in [-0.15, -0.1) is 0 Å². The van der Waals surface area contributed by atoms with Gasteiger partial charge in [0, 0.05) is 31.9 Å². The maximum absolute atomic E-state index is 13.3. The second-order valence-electron chi connectivity index (χ2n) is 6.65. The highest BCUT2D eigenvalue weighted by Gasteiger charge is 2.26. The van der Waals surface area contributed by atoms with Crippen molar-refractivity contribution >= 4 is 23.3 Å². The van der Waals surface area contributed by atoms with Gasteiger partial charge in [-0.25, -0.2) is 4.79 Å². The molecule has 1 aliphatic heterocycles. The lowest BCUT2D eigenvalue weighted by Crippen LogP contribution is -2.48. The molecule has 0 radical (unpaired) electrons. The molecule has 0 unspecified atom stereocenters. The van der Waals surface area contributed by atoms with Gasteiger partial charge < -0.3 is 9.64 Å². The molecule has 6 nitrogen and oxygen atoms in total. The molecule has 6 heteroatoms. The molecule has 142 valence electrons. The molecule has 0 atom stereocenters. The van der Waals surface area contributed by atoms with Crippen molar-refractivity contribution in [1.82, 2.24) is 9.80 Å². The third-order valence-electron chi connectivity index (χ3n) is 4.77. The average molecular weight is 367 g/mol. The molecule has 0 bridgehead atoms. The number of piperazine rings is 1. The molecule has 0 spiro atoms. The van der Waals surface area contributed by atoms with Crippen LogP contribution in [0.2, 0.25) is 0 Å². The van der Waals surface area contributed by atoms with Crippen molar-refractivity contribution in [3.63, 3.8) is 0 Å². The summed E-state index contributed by atoms with van der Waals surface area (Å²) < 4.78 is 4.91. The number of benzene rings is 2. The minimum atomic E-state index is -0.459. The van der Waals surface area contributed by atoms with E-state index in [9.17, 15) is 9.59 Å². The molecule has 1 fully saturated rings. The van der Waals surface area contributed by atoms with Crippen LogP contribution in [0.3, 0.4) is 0 Å². The summed E-state index contributed by atoms with van der Waals surface area (Å²) in [6, 6.07) is 16.5. The molecule has 2 aromatic carbocycles. The van der Waals surface area contributed by atoms with E-state index in [-0.39, 0.29) is 5.91 Å². The summed E-state index contributed by atoms with van der Waals surface area (Å²) in [6.07, 6.45) is 0. The van der Waals surface area contributed by atoms with Gasteiger partial charge in [0.05, 0.1) is 24.9 Å². The van der Waals surface area contributed by atoms with Crippen molar-refractivity contribution in [3.8, 4) is 0 Å². The number of nitrogens with zero attached hydrogens (tertiary/aromatic N) is 3. The highest BCUT2D eigenvalue weighted by molar-refractivity contribution is 6.07. The van der Waals surface area contributed by atoms with E-state index in [1.165, 1.54) is 7.11 Å². The van der Waals surface area contributed by atoms with E-state index in [1.807, 2.05) is 36.4 Å². The standard InChI is InChI=1S/C21H25N3O3/c1-22-12-14-23(15-13-22)16-20(25)24(17-8-4-3-5-9-17)19-11-7-6-10-18(19)21(26)27-2/h3-11H,12-16H2,1-2H3. The number of likely N-dealkylation sites (N-methyl/N-ethyl adjacent to an activating group) is 1. The van der Waals surface area contributed by atoms with Crippen molar-refractivity contribution in [1.29, 1.82) is 0 Å². The summed E-state index contributed by atoms with van der Waals surface area (Å²) in [4.78, 5) is 31.5. The number of para-hydroxylation sites is 2. The first kappa shape index (κ1) is 19.1. The lowest BCUT2D eigenvalue weighted by atomic mass is 10.1. The van der Waals surface area contributed by atoms with E-state index >= 15 is 0 Å². The first-order valence-corrected chi connectivity index (χ1v) is 9.06. The highest BCUT2D eigenvalue weighted by Crippen LogP contribution is 2.29. The Morgan fingerprint density at radius 1 is 0.963 bits per heavy atom. The molecular formula is C21H25N3O3. The number of carbonyl (C=O) groups is 2. The molecule has 3 rings (SSSR count). The third-order valence-corrected chi connectivity index (χ3v) is 4.77. The topological polar surface area (TPSA) is 53.1 Å². The van der Waals surface area contributed by atoms with Crippen LogP contribution in [0.1, 0.15) is 10.4 Å². The molecule has 0 saturated carbocycles. The number of anilines is 2. The van der Waals surface area contributed by atoms with Crippen LogP contribution in [-0.4, -0.2) is 68.6 Å². The van der Waals surface area contributed by atoms with Crippen molar-refractivity contribution in [2.75, 3.05) is 51.8 Å². The number of esters is 1. The summed E-state index contributed by atoms with van der Waals surface area (Å²) in [5, 5.41) is 0. The van der Waals surface area contributed by atoms with Crippen molar-refractivity contribution in [2.24, 2.45) is 0 Å². The van der Waals surface area contributed by atoms with Crippen molar-refractivity contribution in [2.45, 2.75) is 0 Å². The predicted octanol–water partition coefficient (Wildman–Crippen LogP) is 2.39. The fraction of sp³-hybridized carbons (Fsp3) is 0.333. The highest BCUT2D eigenvalue weighted by atomic mass is 16.5. The van der Waals surface area contributed by atoms with Gasteiger partial charge in [-0.1, -0.05) is 30.3 Å². The Morgan fingerprint density at radius 2 is 1.59 bits per heavy atom. The summed E-state index contributed by atoms with van der Waals surface area (Å²) >= 11 is 0. The maximum atomic E-state index is 13.3. The molecule has 1 saturated heterocycles. The number of amides is 1. The van der Waals surface area contributed by atoms with Crippen molar-refractivity contribution in [3.05, 3.63) is 60.2 Å². The zero-order valence-electron chi connectivity index (χ0n) is 15.8. The van der Waals surface area contributed by atoms with Crippen LogP contribution >= 0.6 is 0 Å². The van der Waals surface area contributed by atoms with Gasteiger partial charge in [0.1, 0.15) is 0 Å². The maximum Gasteiger partial charge on any atom is 0.339 e. The van der Waals surface area contributed by atoms with Gasteiger partial charge in [0.25, 0.3) is 0 Å². The molecule has 1 heterocycles. The summed E-state index contributed by atoms with van der Waals surface area (Å²) in [7, 11) is 3.43. The molecule has 1 amide bonds. The number of ether oxygens (including phenoxy) is 1. The Hall–Kier alpha value is -2.70. The summed E-state index contributed by atoms with van der Waals surface area (Å²) in [5.74, 6) is -0.527. The van der Waals surface area contributed by atoms with Crippen LogP contribution in [0.25, 0.3) is 0 Å². The summed E-state index contributed by atoms with van der Waals surface area (Å²) in [5.41, 5.74) is 1.64.